The number of benzene rings is 1. The van der Waals surface area contributed by atoms with Crippen molar-refractivity contribution >= 4 is 16.7 Å². The summed E-state index contributed by atoms with van der Waals surface area (Å²) in [6.07, 6.45) is 4.47. The lowest BCUT2D eigenvalue weighted by molar-refractivity contribution is 0.0972. The lowest BCUT2D eigenvalue weighted by atomic mass is 9.89. The van der Waals surface area contributed by atoms with Crippen LogP contribution in [0.4, 0.5) is 0 Å². The molecule has 1 aromatic heterocycles. The average molecular weight is 197 g/mol. The number of pyridine rings is 1. The highest BCUT2D eigenvalue weighted by Crippen LogP contribution is 2.25. The minimum absolute atomic E-state index is 0.280. The summed E-state index contributed by atoms with van der Waals surface area (Å²) in [6, 6.07) is 7.95. The van der Waals surface area contributed by atoms with Crippen LogP contribution in [-0.2, 0) is 6.42 Å². The van der Waals surface area contributed by atoms with Gasteiger partial charge in [-0.25, -0.2) is 0 Å². The molecule has 0 bridgehead atoms. The number of carbonyl (C=O) groups is 1. The molecule has 0 unspecified atom stereocenters. The molecule has 2 heteroatoms. The van der Waals surface area contributed by atoms with Crippen LogP contribution in [0.25, 0.3) is 10.9 Å². The molecule has 1 aliphatic carbocycles. The first-order valence-corrected chi connectivity index (χ1v) is 5.25. The highest BCUT2D eigenvalue weighted by atomic mass is 16.1. The lowest BCUT2D eigenvalue weighted by Crippen LogP contribution is -2.10. The van der Waals surface area contributed by atoms with Crippen molar-refractivity contribution in [3.63, 3.8) is 0 Å². The van der Waals surface area contributed by atoms with Gasteiger partial charge in [0, 0.05) is 23.6 Å². The van der Waals surface area contributed by atoms with Crippen LogP contribution in [0.5, 0.6) is 0 Å². The Balaban J connectivity index is 2.32. The van der Waals surface area contributed by atoms with Gasteiger partial charge in [-0.15, -0.1) is 0 Å². The van der Waals surface area contributed by atoms with Crippen LogP contribution < -0.4 is 0 Å². The van der Waals surface area contributed by atoms with E-state index in [0.29, 0.717) is 6.42 Å². The van der Waals surface area contributed by atoms with Crippen LogP contribution in [0.15, 0.2) is 30.5 Å². The van der Waals surface area contributed by atoms with Gasteiger partial charge in [0.15, 0.2) is 5.78 Å². The van der Waals surface area contributed by atoms with Gasteiger partial charge in [0.2, 0.25) is 0 Å². The third-order valence-electron chi connectivity index (χ3n) is 2.98. The Kier molecular flexibility index (Phi) is 1.81. The van der Waals surface area contributed by atoms with Crippen LogP contribution in [0, 0.1) is 0 Å². The molecule has 0 N–H and O–H groups in total. The van der Waals surface area contributed by atoms with E-state index in [1.807, 2.05) is 18.2 Å². The second kappa shape index (κ2) is 3.16. The summed E-state index contributed by atoms with van der Waals surface area (Å²) in [5, 5.41) is 1.06. The fraction of sp³-hybridized carbons (Fsp3) is 0.231. The maximum atomic E-state index is 11.7. The number of carbonyl (C=O) groups excluding carboxylic acids is 1. The van der Waals surface area contributed by atoms with Gasteiger partial charge in [-0.05, 0) is 36.6 Å². The number of nitrogens with zero attached hydrogens (tertiary/aromatic N) is 1. The average Bonchev–Trinajstić information content (AvgIpc) is 2.27. The number of aromatic nitrogens is 1. The van der Waals surface area contributed by atoms with Crippen LogP contribution in [0.1, 0.15) is 28.8 Å². The summed E-state index contributed by atoms with van der Waals surface area (Å²) in [6.45, 7) is 0. The van der Waals surface area contributed by atoms with Crippen molar-refractivity contribution in [2.45, 2.75) is 19.3 Å². The van der Waals surface area contributed by atoms with Gasteiger partial charge >= 0.3 is 0 Å². The van der Waals surface area contributed by atoms with Crippen LogP contribution in [0.3, 0.4) is 0 Å². The number of aryl methyl sites for hydroxylation is 1. The van der Waals surface area contributed by atoms with E-state index in [2.05, 4.69) is 11.1 Å². The fourth-order valence-electron chi connectivity index (χ4n) is 2.20. The van der Waals surface area contributed by atoms with E-state index in [9.17, 15) is 4.79 Å². The van der Waals surface area contributed by atoms with Gasteiger partial charge < -0.3 is 0 Å². The van der Waals surface area contributed by atoms with Crippen molar-refractivity contribution in [3.05, 3.63) is 41.6 Å². The zero-order valence-corrected chi connectivity index (χ0v) is 8.36. The van der Waals surface area contributed by atoms with E-state index in [0.717, 1.165) is 34.9 Å². The van der Waals surface area contributed by atoms with Gasteiger partial charge in [0.1, 0.15) is 0 Å². The van der Waals surface area contributed by atoms with E-state index in [1.54, 1.807) is 6.20 Å². The molecule has 0 spiro atoms. The van der Waals surface area contributed by atoms with Crippen LogP contribution in [0.2, 0.25) is 0 Å². The van der Waals surface area contributed by atoms with Gasteiger partial charge in [-0.3, -0.25) is 9.78 Å². The summed E-state index contributed by atoms with van der Waals surface area (Å²) in [5.41, 5.74) is 3.06. The first kappa shape index (κ1) is 8.60. The van der Waals surface area contributed by atoms with Crippen LogP contribution in [-0.4, -0.2) is 10.8 Å². The number of hydrogen-bond acceptors (Lipinski definition) is 2. The fourth-order valence-corrected chi connectivity index (χ4v) is 2.20. The highest BCUT2D eigenvalue weighted by Gasteiger charge is 2.17. The third kappa shape index (κ3) is 1.33. The Bertz CT molecular complexity index is 545. The quantitative estimate of drug-likeness (QED) is 0.650. The molecule has 1 aromatic carbocycles. The molecule has 1 aliphatic rings. The molecule has 0 saturated carbocycles. The molecule has 1 heterocycles. The maximum Gasteiger partial charge on any atom is 0.163 e. The predicted molar refractivity (Wildman–Crippen MR) is 59.0 cm³/mol. The molecule has 0 atom stereocenters. The minimum atomic E-state index is 0.280. The standard InChI is InChI=1S/C13H11NO/c15-13-5-1-3-9-8-12-10(7-11(9)13)4-2-6-14-12/h2,4,6-8H,1,3,5H2. The first-order valence-electron chi connectivity index (χ1n) is 5.25. The van der Waals surface area contributed by atoms with Gasteiger partial charge in [0.05, 0.1) is 5.52 Å². The molecule has 2 aromatic rings. The molecular weight excluding hydrogens is 186 g/mol. The van der Waals surface area contributed by atoms with E-state index in [1.165, 1.54) is 0 Å². The molecule has 0 fully saturated rings. The zero-order valence-electron chi connectivity index (χ0n) is 8.36. The van der Waals surface area contributed by atoms with Crippen molar-refractivity contribution in [1.82, 2.24) is 4.98 Å². The van der Waals surface area contributed by atoms with E-state index in [4.69, 9.17) is 0 Å². The monoisotopic (exact) mass is 197 g/mol. The molecular formula is C13H11NO. The molecule has 2 nitrogen and oxygen atoms in total. The topological polar surface area (TPSA) is 30.0 Å². The normalized spacial score (nSPS) is 15.3. The molecule has 0 saturated heterocycles. The van der Waals surface area contributed by atoms with Gasteiger partial charge in [-0.1, -0.05) is 6.07 Å². The largest absolute Gasteiger partial charge is 0.294 e. The molecule has 3 rings (SSSR count). The Morgan fingerprint density at radius 1 is 1.20 bits per heavy atom. The van der Waals surface area contributed by atoms with Crippen molar-refractivity contribution in [1.29, 1.82) is 0 Å². The van der Waals surface area contributed by atoms with Gasteiger partial charge in [0.25, 0.3) is 0 Å². The summed E-state index contributed by atoms with van der Waals surface area (Å²) >= 11 is 0. The minimum Gasteiger partial charge on any atom is -0.294 e. The zero-order chi connectivity index (χ0) is 10.3. The lowest BCUT2D eigenvalue weighted by Gasteiger charge is -2.14. The summed E-state index contributed by atoms with van der Waals surface area (Å²) < 4.78 is 0. The smallest absolute Gasteiger partial charge is 0.163 e. The third-order valence-corrected chi connectivity index (χ3v) is 2.98. The van der Waals surface area contributed by atoms with Crippen molar-refractivity contribution < 1.29 is 4.79 Å². The molecule has 0 aliphatic heterocycles. The molecule has 0 radical (unpaired) electrons. The van der Waals surface area contributed by atoms with E-state index in [-0.39, 0.29) is 5.78 Å². The van der Waals surface area contributed by atoms with Crippen molar-refractivity contribution in [2.75, 3.05) is 0 Å². The van der Waals surface area contributed by atoms with Gasteiger partial charge in [-0.2, -0.15) is 0 Å². The number of Topliss-reactive ketones (excluding diaryl/α,β-unsaturated/α-hetero) is 1. The number of fused-ring (bicyclic) bond motifs is 2. The van der Waals surface area contributed by atoms with E-state index >= 15 is 0 Å². The summed E-state index contributed by atoms with van der Waals surface area (Å²) in [4.78, 5) is 16.0. The van der Waals surface area contributed by atoms with Crippen LogP contribution >= 0.6 is 0 Å². The molecule has 0 amide bonds. The Morgan fingerprint density at radius 2 is 2.13 bits per heavy atom. The molecule has 74 valence electrons. The maximum absolute atomic E-state index is 11.7. The molecule has 15 heavy (non-hydrogen) atoms. The van der Waals surface area contributed by atoms with Crippen molar-refractivity contribution in [2.24, 2.45) is 0 Å². The SMILES string of the molecule is O=C1CCCc2cc3ncccc3cc21. The summed E-state index contributed by atoms with van der Waals surface area (Å²) in [7, 11) is 0. The second-order valence-electron chi connectivity index (χ2n) is 3.98. The number of rotatable bonds is 0. The van der Waals surface area contributed by atoms with E-state index < -0.39 is 0 Å². The Morgan fingerprint density at radius 3 is 3.07 bits per heavy atom. The first-order chi connectivity index (χ1) is 7.34. The number of ketones is 1. The Labute approximate surface area is 87.9 Å². The highest BCUT2D eigenvalue weighted by molar-refractivity contribution is 6.01. The summed E-state index contributed by atoms with van der Waals surface area (Å²) in [5.74, 6) is 0.280. The van der Waals surface area contributed by atoms with Crippen molar-refractivity contribution in [3.8, 4) is 0 Å². The Hall–Kier alpha value is -1.70. The predicted octanol–water partition coefficient (Wildman–Crippen LogP) is 2.75. The second-order valence-corrected chi connectivity index (χ2v) is 3.98. The number of hydrogen-bond donors (Lipinski definition) is 0.